The highest BCUT2D eigenvalue weighted by molar-refractivity contribution is 6.35. The number of hydrogen-bond donors (Lipinski definition) is 1. The maximum Gasteiger partial charge on any atom is 0.225 e. The van der Waals surface area contributed by atoms with Crippen LogP contribution in [0.1, 0.15) is 31.4 Å². The molecule has 1 N–H and O–H groups in total. The molecule has 34 heavy (non-hydrogen) atoms. The van der Waals surface area contributed by atoms with Gasteiger partial charge in [0.15, 0.2) is 0 Å². The predicted octanol–water partition coefficient (Wildman–Crippen LogP) is 5.32. The van der Waals surface area contributed by atoms with E-state index in [0.717, 1.165) is 63.4 Å². The molecule has 0 bridgehead atoms. The van der Waals surface area contributed by atoms with Crippen LogP contribution in [0.25, 0.3) is 0 Å². The molecular formula is C26H35Cl3N4O. The lowest BCUT2D eigenvalue weighted by molar-refractivity contribution is -0.138. The number of nitrogens with zero attached hydrogens (tertiary/aromatic N) is 3. The van der Waals surface area contributed by atoms with Crippen molar-refractivity contribution >= 4 is 40.7 Å². The third-order valence-corrected chi connectivity index (χ3v) is 7.50. The van der Waals surface area contributed by atoms with Gasteiger partial charge in [0, 0.05) is 78.5 Å². The van der Waals surface area contributed by atoms with Crippen LogP contribution in [-0.2, 0) is 4.79 Å². The van der Waals surface area contributed by atoms with Gasteiger partial charge in [-0.05, 0) is 62.7 Å². The van der Waals surface area contributed by atoms with Crippen molar-refractivity contribution in [2.75, 3.05) is 52.9 Å². The minimum absolute atomic E-state index is 0.0339. The zero-order valence-electron chi connectivity index (χ0n) is 20.1. The van der Waals surface area contributed by atoms with Crippen LogP contribution in [-0.4, -0.2) is 73.5 Å². The fourth-order valence-electron chi connectivity index (χ4n) is 4.42. The largest absolute Gasteiger partial charge is 0.372 e. The highest BCUT2D eigenvalue weighted by Gasteiger charge is 2.30. The van der Waals surface area contributed by atoms with E-state index in [1.54, 1.807) is 6.07 Å². The van der Waals surface area contributed by atoms with E-state index < -0.39 is 0 Å². The first-order valence-corrected chi connectivity index (χ1v) is 13.0. The van der Waals surface area contributed by atoms with Crippen LogP contribution < -0.4 is 5.32 Å². The molecule has 1 atom stereocenters. The lowest BCUT2D eigenvalue weighted by Crippen LogP contribution is -2.50. The Labute approximate surface area is 219 Å². The molecular weight excluding hydrogens is 491 g/mol. The Balaban J connectivity index is 1.49. The van der Waals surface area contributed by atoms with Gasteiger partial charge < -0.3 is 20.0 Å². The van der Waals surface area contributed by atoms with E-state index in [2.05, 4.69) is 28.7 Å². The fourth-order valence-corrected chi connectivity index (χ4v) is 5.13. The van der Waals surface area contributed by atoms with Gasteiger partial charge in [0.05, 0.1) is 0 Å². The van der Waals surface area contributed by atoms with Crippen molar-refractivity contribution in [2.45, 2.75) is 25.8 Å². The number of rotatable bonds is 8. The maximum absolute atomic E-state index is 12.9. The molecule has 5 nitrogen and oxygen atoms in total. The summed E-state index contributed by atoms with van der Waals surface area (Å²) in [6, 6.07) is 5.54. The molecule has 0 spiro atoms. The average Bonchev–Trinajstić information content (AvgIpc) is 2.83. The number of halogens is 3. The van der Waals surface area contributed by atoms with Crippen molar-refractivity contribution in [3.63, 3.8) is 0 Å². The first-order valence-electron chi connectivity index (χ1n) is 11.9. The van der Waals surface area contributed by atoms with Gasteiger partial charge >= 0.3 is 0 Å². The number of piperazine rings is 1. The number of likely N-dealkylation sites (tertiary alicyclic amines) is 1. The summed E-state index contributed by atoms with van der Waals surface area (Å²) in [5.41, 5.74) is 2.00. The zero-order valence-corrected chi connectivity index (χ0v) is 22.3. The summed E-state index contributed by atoms with van der Waals surface area (Å²) >= 11 is 18.8. The Morgan fingerprint density at radius 3 is 2.41 bits per heavy atom. The summed E-state index contributed by atoms with van der Waals surface area (Å²) in [6.45, 7) is 11.8. The first-order chi connectivity index (χ1) is 16.3. The predicted molar refractivity (Wildman–Crippen MR) is 143 cm³/mol. The summed E-state index contributed by atoms with van der Waals surface area (Å²) in [7, 11) is 2.11. The van der Waals surface area contributed by atoms with Crippen LogP contribution in [0.4, 0.5) is 0 Å². The van der Waals surface area contributed by atoms with Gasteiger partial charge in [-0.25, -0.2) is 0 Å². The molecule has 2 heterocycles. The third-order valence-electron chi connectivity index (χ3n) is 6.67. The summed E-state index contributed by atoms with van der Waals surface area (Å²) in [5, 5.41) is 5.34. The minimum atomic E-state index is 0.0339. The first kappa shape index (κ1) is 27.1. The van der Waals surface area contributed by atoms with E-state index in [9.17, 15) is 4.79 Å². The molecule has 0 saturated carbocycles. The Hall–Kier alpha value is -1.50. The SMILES string of the molecule is C=C/C(=C\C=C(\Cl)CN[C@H](C)c1ccc(Cl)cc1Cl)N1CCC(C(=O)N2CCN(C)CC2)CC1. The molecule has 8 heteroatoms. The number of carbonyl (C=O) groups is 1. The molecule has 0 aliphatic carbocycles. The third kappa shape index (κ3) is 7.50. The number of benzene rings is 1. The van der Waals surface area contributed by atoms with E-state index in [-0.39, 0.29) is 12.0 Å². The smallest absolute Gasteiger partial charge is 0.225 e. The Kier molecular flexibility index (Phi) is 10.3. The number of amides is 1. The summed E-state index contributed by atoms with van der Waals surface area (Å²) in [5.74, 6) is 0.441. The summed E-state index contributed by atoms with van der Waals surface area (Å²) < 4.78 is 0. The molecule has 186 valence electrons. The molecule has 2 fully saturated rings. The molecule has 1 amide bonds. The normalized spacial score (nSPS) is 19.9. The fraction of sp³-hybridized carbons (Fsp3) is 0.500. The van der Waals surface area contributed by atoms with Crippen LogP contribution in [0.15, 0.2) is 53.7 Å². The standard InChI is InChI=1S/C26H35Cl3N4O/c1-4-23(7-5-22(28)18-30-19(2)24-8-6-21(27)17-25(24)29)32-11-9-20(10-12-32)26(34)33-15-13-31(3)14-16-33/h4-8,17,19-20,30H,1,9-16,18H2,2-3H3/b22-5+,23-7+/t19-/m1/s1. The highest BCUT2D eigenvalue weighted by atomic mass is 35.5. The van der Waals surface area contributed by atoms with Crippen molar-refractivity contribution in [2.24, 2.45) is 5.92 Å². The number of likely N-dealkylation sites (N-methyl/N-ethyl adjacent to an activating group) is 1. The van der Waals surface area contributed by atoms with Crippen LogP contribution >= 0.6 is 34.8 Å². The Morgan fingerprint density at radius 1 is 1.12 bits per heavy atom. The van der Waals surface area contributed by atoms with E-state index in [4.69, 9.17) is 34.8 Å². The molecule has 3 rings (SSSR count). The topological polar surface area (TPSA) is 38.8 Å². The number of hydrogen-bond acceptors (Lipinski definition) is 4. The number of carbonyl (C=O) groups excluding carboxylic acids is 1. The second-order valence-electron chi connectivity index (χ2n) is 9.07. The van der Waals surface area contributed by atoms with Crippen molar-refractivity contribution in [3.8, 4) is 0 Å². The molecule has 2 saturated heterocycles. The van der Waals surface area contributed by atoms with Gasteiger partial charge in [0.2, 0.25) is 5.91 Å². The molecule has 1 aromatic carbocycles. The second kappa shape index (κ2) is 13.0. The van der Waals surface area contributed by atoms with Crippen LogP contribution in [0.2, 0.25) is 10.0 Å². The van der Waals surface area contributed by atoms with E-state index in [0.29, 0.717) is 27.5 Å². The number of nitrogens with one attached hydrogen (secondary N) is 1. The van der Waals surface area contributed by atoms with E-state index in [1.807, 2.05) is 42.2 Å². The highest BCUT2D eigenvalue weighted by Crippen LogP contribution is 2.27. The average molecular weight is 526 g/mol. The lowest BCUT2D eigenvalue weighted by Gasteiger charge is -2.38. The van der Waals surface area contributed by atoms with Crippen molar-refractivity contribution in [1.82, 2.24) is 20.0 Å². The Bertz CT molecular complexity index is 917. The van der Waals surface area contributed by atoms with Gasteiger partial charge in [-0.1, -0.05) is 47.4 Å². The quantitative estimate of drug-likeness (QED) is 0.466. The van der Waals surface area contributed by atoms with Gasteiger partial charge in [-0.3, -0.25) is 4.79 Å². The number of piperidine rings is 1. The van der Waals surface area contributed by atoms with Gasteiger partial charge in [-0.2, -0.15) is 0 Å². The second-order valence-corrected chi connectivity index (χ2v) is 10.4. The molecule has 1 aromatic rings. The Morgan fingerprint density at radius 2 is 1.79 bits per heavy atom. The molecule has 2 aliphatic rings. The van der Waals surface area contributed by atoms with E-state index >= 15 is 0 Å². The van der Waals surface area contributed by atoms with E-state index in [1.165, 1.54) is 0 Å². The van der Waals surface area contributed by atoms with Crippen molar-refractivity contribution in [3.05, 3.63) is 69.3 Å². The monoisotopic (exact) mass is 524 g/mol. The van der Waals surface area contributed by atoms with Gasteiger partial charge in [0.1, 0.15) is 0 Å². The summed E-state index contributed by atoms with van der Waals surface area (Å²) in [6.07, 6.45) is 7.50. The van der Waals surface area contributed by atoms with Crippen molar-refractivity contribution < 1.29 is 4.79 Å². The van der Waals surface area contributed by atoms with Gasteiger partial charge in [-0.15, -0.1) is 0 Å². The van der Waals surface area contributed by atoms with Gasteiger partial charge in [0.25, 0.3) is 0 Å². The van der Waals surface area contributed by atoms with Crippen molar-refractivity contribution in [1.29, 1.82) is 0 Å². The van der Waals surface area contributed by atoms with Crippen LogP contribution in [0, 0.1) is 5.92 Å². The van der Waals surface area contributed by atoms with Crippen LogP contribution in [0.5, 0.6) is 0 Å². The lowest BCUT2D eigenvalue weighted by atomic mass is 9.94. The summed E-state index contributed by atoms with van der Waals surface area (Å²) in [4.78, 5) is 19.5. The minimum Gasteiger partial charge on any atom is -0.372 e. The molecule has 0 unspecified atom stereocenters. The van der Waals surface area contributed by atoms with Crippen LogP contribution in [0.3, 0.4) is 0 Å². The molecule has 0 aromatic heterocycles. The number of allylic oxidation sites excluding steroid dienone is 3. The molecule has 0 radical (unpaired) electrons. The maximum atomic E-state index is 12.9. The zero-order chi connectivity index (χ0) is 24.7. The molecule has 2 aliphatic heterocycles.